The lowest BCUT2D eigenvalue weighted by Gasteiger charge is -2.22. The molecule has 0 bridgehead atoms. The number of hydrogen-bond acceptors (Lipinski definition) is 2. The molecule has 20 heavy (non-hydrogen) atoms. The van der Waals surface area contributed by atoms with Crippen LogP contribution in [0.4, 0.5) is 18.9 Å². The molecular formula is C14H15BrF3NO. The van der Waals surface area contributed by atoms with Crippen LogP contribution in [0.5, 0.6) is 0 Å². The third-order valence-electron chi connectivity index (χ3n) is 4.43. The molecule has 3 rings (SSSR count). The SMILES string of the molecule is OC1CCC2CN(c3ccc(C(F)(F)F)cc3Br)CC12. The highest BCUT2D eigenvalue weighted by molar-refractivity contribution is 9.10. The van der Waals surface area contributed by atoms with Crippen molar-refractivity contribution in [2.24, 2.45) is 11.8 Å². The van der Waals surface area contributed by atoms with Crippen LogP contribution in [0.2, 0.25) is 0 Å². The van der Waals surface area contributed by atoms with Gasteiger partial charge in [0, 0.05) is 23.5 Å². The van der Waals surface area contributed by atoms with E-state index >= 15 is 0 Å². The van der Waals surface area contributed by atoms with Gasteiger partial charge in [-0.15, -0.1) is 0 Å². The summed E-state index contributed by atoms with van der Waals surface area (Å²) in [5.74, 6) is 0.711. The average molecular weight is 350 g/mol. The molecule has 2 aliphatic rings. The number of hydrogen-bond donors (Lipinski definition) is 1. The average Bonchev–Trinajstić information content (AvgIpc) is 2.91. The Morgan fingerprint density at radius 3 is 2.55 bits per heavy atom. The number of anilines is 1. The van der Waals surface area contributed by atoms with E-state index in [2.05, 4.69) is 20.8 Å². The van der Waals surface area contributed by atoms with Crippen molar-refractivity contribution in [2.45, 2.75) is 25.1 Å². The van der Waals surface area contributed by atoms with Gasteiger partial charge in [-0.25, -0.2) is 0 Å². The number of fused-ring (bicyclic) bond motifs is 1. The Balaban J connectivity index is 1.82. The number of aliphatic hydroxyl groups excluding tert-OH is 1. The van der Waals surface area contributed by atoms with Crippen molar-refractivity contribution in [2.75, 3.05) is 18.0 Å². The smallest absolute Gasteiger partial charge is 0.393 e. The molecule has 2 nitrogen and oxygen atoms in total. The fourth-order valence-corrected chi connectivity index (χ4v) is 4.00. The number of aliphatic hydroxyl groups is 1. The van der Waals surface area contributed by atoms with Crippen molar-refractivity contribution < 1.29 is 18.3 Å². The normalized spacial score (nSPS) is 29.9. The maximum absolute atomic E-state index is 12.6. The van der Waals surface area contributed by atoms with Crippen LogP contribution in [0.25, 0.3) is 0 Å². The van der Waals surface area contributed by atoms with E-state index in [4.69, 9.17) is 0 Å². The Morgan fingerprint density at radius 1 is 1.20 bits per heavy atom. The van der Waals surface area contributed by atoms with Gasteiger partial charge in [0.2, 0.25) is 0 Å². The number of halogens is 4. The lowest BCUT2D eigenvalue weighted by molar-refractivity contribution is -0.137. The molecule has 1 aromatic carbocycles. The maximum Gasteiger partial charge on any atom is 0.416 e. The first-order chi connectivity index (χ1) is 9.36. The van der Waals surface area contributed by atoms with Crippen molar-refractivity contribution in [3.05, 3.63) is 28.2 Å². The number of nitrogens with zero attached hydrogens (tertiary/aromatic N) is 1. The third kappa shape index (κ3) is 2.44. The maximum atomic E-state index is 12.6. The second-order valence-electron chi connectivity index (χ2n) is 5.64. The molecular weight excluding hydrogens is 335 g/mol. The summed E-state index contributed by atoms with van der Waals surface area (Å²) in [6.07, 6.45) is -2.74. The Morgan fingerprint density at radius 2 is 1.95 bits per heavy atom. The van der Waals surface area contributed by atoms with Crippen LogP contribution < -0.4 is 4.90 Å². The molecule has 0 radical (unpaired) electrons. The van der Waals surface area contributed by atoms with Crippen LogP contribution in [-0.4, -0.2) is 24.3 Å². The minimum Gasteiger partial charge on any atom is -0.393 e. The van der Waals surface area contributed by atoms with Crippen LogP contribution in [0.15, 0.2) is 22.7 Å². The first-order valence-electron chi connectivity index (χ1n) is 6.66. The molecule has 1 aliphatic heterocycles. The van der Waals surface area contributed by atoms with Crippen molar-refractivity contribution in [1.82, 2.24) is 0 Å². The first kappa shape index (κ1) is 14.2. The van der Waals surface area contributed by atoms with Crippen LogP contribution in [0.3, 0.4) is 0 Å². The largest absolute Gasteiger partial charge is 0.416 e. The molecule has 1 saturated heterocycles. The molecule has 1 aromatic rings. The van der Waals surface area contributed by atoms with E-state index in [1.165, 1.54) is 6.07 Å². The van der Waals surface area contributed by atoms with Crippen molar-refractivity contribution >= 4 is 21.6 Å². The molecule has 3 atom stereocenters. The topological polar surface area (TPSA) is 23.5 Å². The zero-order valence-corrected chi connectivity index (χ0v) is 12.3. The summed E-state index contributed by atoms with van der Waals surface area (Å²) in [5, 5.41) is 9.90. The molecule has 6 heteroatoms. The van der Waals surface area contributed by atoms with Gasteiger partial charge >= 0.3 is 6.18 Å². The zero-order chi connectivity index (χ0) is 14.5. The molecule has 110 valence electrons. The van der Waals surface area contributed by atoms with E-state index in [0.29, 0.717) is 10.4 Å². The van der Waals surface area contributed by atoms with Crippen LogP contribution in [0, 0.1) is 11.8 Å². The summed E-state index contributed by atoms with van der Waals surface area (Å²) in [6.45, 7) is 1.53. The highest BCUT2D eigenvalue weighted by Crippen LogP contribution is 2.42. The molecule has 2 fully saturated rings. The second-order valence-corrected chi connectivity index (χ2v) is 6.49. The summed E-state index contributed by atoms with van der Waals surface area (Å²) in [4.78, 5) is 2.07. The fourth-order valence-electron chi connectivity index (χ4n) is 3.37. The number of benzene rings is 1. The quantitative estimate of drug-likeness (QED) is 0.835. The Labute approximate surface area is 123 Å². The summed E-state index contributed by atoms with van der Waals surface area (Å²) in [7, 11) is 0. The standard InChI is InChI=1S/C14H15BrF3NO/c15-11-5-9(14(16,17)18)2-3-12(11)19-6-8-1-4-13(20)10(8)7-19/h2-3,5,8,10,13,20H,1,4,6-7H2. The Bertz CT molecular complexity index is 520. The van der Waals surface area contributed by atoms with Crippen LogP contribution >= 0.6 is 15.9 Å². The minimum atomic E-state index is -4.32. The number of rotatable bonds is 1. The van der Waals surface area contributed by atoms with E-state index < -0.39 is 11.7 Å². The predicted octanol–water partition coefficient (Wildman–Crippen LogP) is 3.68. The van der Waals surface area contributed by atoms with E-state index in [-0.39, 0.29) is 12.0 Å². The van der Waals surface area contributed by atoms with Gasteiger partial charge in [0.25, 0.3) is 0 Å². The van der Waals surface area contributed by atoms with E-state index in [1.54, 1.807) is 0 Å². The van der Waals surface area contributed by atoms with E-state index in [1.807, 2.05) is 0 Å². The van der Waals surface area contributed by atoms with Gasteiger partial charge in [0.1, 0.15) is 0 Å². The fraction of sp³-hybridized carbons (Fsp3) is 0.571. The Hall–Kier alpha value is -0.750. The zero-order valence-electron chi connectivity index (χ0n) is 10.7. The highest BCUT2D eigenvalue weighted by Gasteiger charge is 2.42. The van der Waals surface area contributed by atoms with Gasteiger partial charge in [0.05, 0.1) is 17.4 Å². The molecule has 1 heterocycles. The molecule has 0 amide bonds. The molecule has 0 aromatic heterocycles. The van der Waals surface area contributed by atoms with E-state index in [0.717, 1.165) is 43.8 Å². The summed E-state index contributed by atoms with van der Waals surface area (Å²) < 4.78 is 38.4. The lowest BCUT2D eigenvalue weighted by atomic mass is 10.00. The van der Waals surface area contributed by atoms with Crippen LogP contribution in [-0.2, 0) is 6.18 Å². The second kappa shape index (κ2) is 4.91. The lowest BCUT2D eigenvalue weighted by Crippen LogP contribution is -2.24. The monoisotopic (exact) mass is 349 g/mol. The predicted molar refractivity (Wildman–Crippen MR) is 73.6 cm³/mol. The van der Waals surface area contributed by atoms with Gasteiger partial charge in [-0.05, 0) is 52.9 Å². The summed E-state index contributed by atoms with van der Waals surface area (Å²) in [5.41, 5.74) is 0.132. The van der Waals surface area contributed by atoms with Gasteiger partial charge in [0.15, 0.2) is 0 Å². The molecule has 1 saturated carbocycles. The first-order valence-corrected chi connectivity index (χ1v) is 7.45. The van der Waals surface area contributed by atoms with Gasteiger partial charge < -0.3 is 10.0 Å². The van der Waals surface area contributed by atoms with Gasteiger partial charge in [-0.1, -0.05) is 0 Å². The molecule has 3 unspecified atom stereocenters. The van der Waals surface area contributed by atoms with Crippen molar-refractivity contribution in [3.63, 3.8) is 0 Å². The van der Waals surface area contributed by atoms with Crippen LogP contribution in [0.1, 0.15) is 18.4 Å². The van der Waals surface area contributed by atoms with Crippen molar-refractivity contribution in [1.29, 1.82) is 0 Å². The Kier molecular flexibility index (Phi) is 3.49. The van der Waals surface area contributed by atoms with Gasteiger partial charge in [-0.3, -0.25) is 0 Å². The van der Waals surface area contributed by atoms with E-state index in [9.17, 15) is 18.3 Å². The van der Waals surface area contributed by atoms with Crippen molar-refractivity contribution in [3.8, 4) is 0 Å². The third-order valence-corrected chi connectivity index (χ3v) is 5.07. The minimum absolute atomic E-state index is 0.254. The summed E-state index contributed by atoms with van der Waals surface area (Å²) >= 11 is 3.24. The molecule has 1 N–H and O–H groups in total. The summed E-state index contributed by atoms with van der Waals surface area (Å²) in [6, 6.07) is 3.75. The molecule has 1 aliphatic carbocycles. The van der Waals surface area contributed by atoms with Gasteiger partial charge in [-0.2, -0.15) is 13.2 Å². The number of alkyl halides is 3. The highest BCUT2D eigenvalue weighted by atomic mass is 79.9. The molecule has 0 spiro atoms.